The SMILES string of the molecule is N#Cc1cccc(C(=O)N2CCN(c3ccc(Nc4cccnc4)nn3)CC2)c1. The van der Waals surface area contributed by atoms with Crippen LogP contribution in [0.5, 0.6) is 0 Å². The highest BCUT2D eigenvalue weighted by atomic mass is 16.2. The Morgan fingerprint density at radius 2 is 1.90 bits per heavy atom. The normalized spacial score (nSPS) is 13.6. The van der Waals surface area contributed by atoms with Crippen molar-refractivity contribution in [2.75, 3.05) is 36.4 Å². The molecular weight excluding hydrogens is 366 g/mol. The van der Waals surface area contributed by atoms with Gasteiger partial charge in [-0.15, -0.1) is 10.2 Å². The number of carbonyl (C=O) groups excluding carboxylic acids is 1. The molecule has 0 spiro atoms. The molecule has 4 rings (SSSR count). The number of rotatable bonds is 4. The first-order chi connectivity index (χ1) is 14.2. The molecule has 1 fully saturated rings. The number of nitriles is 1. The summed E-state index contributed by atoms with van der Waals surface area (Å²) in [6.45, 7) is 2.53. The zero-order valence-electron chi connectivity index (χ0n) is 15.7. The Balaban J connectivity index is 1.35. The lowest BCUT2D eigenvalue weighted by molar-refractivity contribution is 0.0746. The molecule has 1 N–H and O–H groups in total. The summed E-state index contributed by atoms with van der Waals surface area (Å²) in [5.41, 5.74) is 1.88. The molecule has 8 heteroatoms. The molecule has 1 aliphatic rings. The number of pyridine rings is 1. The third kappa shape index (κ3) is 4.30. The van der Waals surface area contributed by atoms with E-state index in [0.717, 1.165) is 11.5 Å². The van der Waals surface area contributed by atoms with Crippen molar-refractivity contribution >= 4 is 23.2 Å². The second kappa shape index (κ2) is 8.35. The number of anilines is 3. The topological polar surface area (TPSA) is 98.0 Å². The van der Waals surface area contributed by atoms with Crippen molar-refractivity contribution < 1.29 is 4.79 Å². The van der Waals surface area contributed by atoms with Crippen LogP contribution in [0.3, 0.4) is 0 Å². The zero-order chi connectivity index (χ0) is 20.1. The minimum atomic E-state index is -0.0520. The van der Waals surface area contributed by atoms with Crippen LogP contribution in [0.2, 0.25) is 0 Å². The van der Waals surface area contributed by atoms with Crippen LogP contribution >= 0.6 is 0 Å². The summed E-state index contributed by atoms with van der Waals surface area (Å²) in [7, 11) is 0. The minimum absolute atomic E-state index is 0.0520. The largest absolute Gasteiger partial charge is 0.352 e. The number of amides is 1. The van der Waals surface area contributed by atoms with Gasteiger partial charge in [0.2, 0.25) is 0 Å². The Bertz CT molecular complexity index is 1020. The molecule has 3 aromatic rings. The summed E-state index contributed by atoms with van der Waals surface area (Å²) in [4.78, 5) is 20.7. The van der Waals surface area contributed by atoms with E-state index >= 15 is 0 Å². The van der Waals surface area contributed by atoms with Crippen molar-refractivity contribution in [3.05, 3.63) is 72.1 Å². The summed E-state index contributed by atoms with van der Waals surface area (Å²) < 4.78 is 0. The maximum Gasteiger partial charge on any atom is 0.254 e. The maximum absolute atomic E-state index is 12.7. The molecule has 8 nitrogen and oxygen atoms in total. The van der Waals surface area contributed by atoms with Gasteiger partial charge in [-0.1, -0.05) is 6.07 Å². The highest BCUT2D eigenvalue weighted by Crippen LogP contribution is 2.18. The maximum atomic E-state index is 12.7. The first-order valence-corrected chi connectivity index (χ1v) is 9.28. The van der Waals surface area contributed by atoms with Gasteiger partial charge in [-0.3, -0.25) is 9.78 Å². The van der Waals surface area contributed by atoms with Crippen molar-refractivity contribution in [3.63, 3.8) is 0 Å². The third-order valence-corrected chi connectivity index (χ3v) is 4.71. The van der Waals surface area contributed by atoms with Crippen LogP contribution in [0.25, 0.3) is 0 Å². The molecule has 29 heavy (non-hydrogen) atoms. The van der Waals surface area contributed by atoms with Gasteiger partial charge in [0.15, 0.2) is 11.6 Å². The predicted octanol–water partition coefficient (Wildman–Crippen LogP) is 2.45. The number of nitrogens with one attached hydrogen (secondary N) is 1. The van der Waals surface area contributed by atoms with E-state index in [-0.39, 0.29) is 5.91 Å². The highest BCUT2D eigenvalue weighted by molar-refractivity contribution is 5.94. The Hall–Kier alpha value is -3.99. The number of nitrogens with zero attached hydrogens (tertiary/aromatic N) is 6. The third-order valence-electron chi connectivity index (χ3n) is 4.71. The summed E-state index contributed by atoms with van der Waals surface area (Å²) in [5, 5.41) is 20.7. The number of carbonyl (C=O) groups is 1. The van der Waals surface area contributed by atoms with Crippen LogP contribution < -0.4 is 10.2 Å². The molecule has 144 valence electrons. The molecule has 0 radical (unpaired) electrons. The molecule has 2 aromatic heterocycles. The summed E-state index contributed by atoms with van der Waals surface area (Å²) in [5.74, 6) is 1.37. The van der Waals surface area contributed by atoms with Crippen LogP contribution in [0.15, 0.2) is 60.9 Å². The smallest absolute Gasteiger partial charge is 0.254 e. The van der Waals surface area contributed by atoms with Crippen LogP contribution in [0.4, 0.5) is 17.3 Å². The molecule has 3 heterocycles. The van der Waals surface area contributed by atoms with E-state index in [1.807, 2.05) is 24.3 Å². The molecule has 1 aromatic carbocycles. The zero-order valence-corrected chi connectivity index (χ0v) is 15.7. The summed E-state index contributed by atoms with van der Waals surface area (Å²) >= 11 is 0. The van der Waals surface area contributed by atoms with Gasteiger partial charge in [0.25, 0.3) is 5.91 Å². The Morgan fingerprint density at radius 1 is 1.03 bits per heavy atom. The van der Waals surface area contributed by atoms with E-state index in [2.05, 4.69) is 31.5 Å². The standard InChI is InChI=1S/C21H19N7O/c22-14-16-3-1-4-17(13-16)21(29)28-11-9-27(10-12-28)20-7-6-19(25-26-20)24-18-5-2-8-23-15-18/h1-8,13,15H,9-12H2,(H,24,25). The number of piperazine rings is 1. The van der Waals surface area contributed by atoms with Gasteiger partial charge in [0.05, 0.1) is 23.5 Å². The summed E-state index contributed by atoms with van der Waals surface area (Å²) in [6, 6.07) is 16.4. The quantitative estimate of drug-likeness (QED) is 0.736. The lowest BCUT2D eigenvalue weighted by Crippen LogP contribution is -2.49. The Kier molecular flexibility index (Phi) is 5.29. The van der Waals surface area contributed by atoms with Gasteiger partial charge < -0.3 is 15.1 Å². The van der Waals surface area contributed by atoms with Crippen molar-refractivity contribution in [1.82, 2.24) is 20.1 Å². The molecule has 0 saturated carbocycles. The lowest BCUT2D eigenvalue weighted by atomic mass is 10.1. The van der Waals surface area contributed by atoms with Crippen LogP contribution in [0, 0.1) is 11.3 Å². The first-order valence-electron chi connectivity index (χ1n) is 9.28. The van der Waals surface area contributed by atoms with Gasteiger partial charge in [0, 0.05) is 37.9 Å². The lowest BCUT2D eigenvalue weighted by Gasteiger charge is -2.35. The fraction of sp³-hybridized carbons (Fsp3) is 0.190. The van der Waals surface area contributed by atoms with E-state index in [9.17, 15) is 4.79 Å². The van der Waals surface area contributed by atoms with Crippen molar-refractivity contribution in [3.8, 4) is 6.07 Å². The molecule has 0 bridgehead atoms. The van der Waals surface area contributed by atoms with E-state index in [1.165, 1.54) is 0 Å². The van der Waals surface area contributed by atoms with Gasteiger partial charge in [0.1, 0.15) is 0 Å². The van der Waals surface area contributed by atoms with E-state index in [4.69, 9.17) is 5.26 Å². The van der Waals surface area contributed by atoms with Gasteiger partial charge in [-0.2, -0.15) is 5.26 Å². The predicted molar refractivity (Wildman–Crippen MR) is 109 cm³/mol. The van der Waals surface area contributed by atoms with Gasteiger partial charge in [-0.25, -0.2) is 0 Å². The van der Waals surface area contributed by atoms with Crippen LogP contribution in [-0.2, 0) is 0 Å². The average molecular weight is 385 g/mol. The summed E-state index contributed by atoms with van der Waals surface area (Å²) in [6.07, 6.45) is 3.43. The molecule has 0 unspecified atom stereocenters. The van der Waals surface area contributed by atoms with Crippen LogP contribution in [-0.4, -0.2) is 52.2 Å². The number of benzene rings is 1. The second-order valence-corrected chi connectivity index (χ2v) is 6.62. The average Bonchev–Trinajstić information content (AvgIpc) is 2.80. The van der Waals surface area contributed by atoms with Gasteiger partial charge in [-0.05, 0) is 42.5 Å². The highest BCUT2D eigenvalue weighted by Gasteiger charge is 2.23. The first kappa shape index (κ1) is 18.4. The number of hydrogen-bond acceptors (Lipinski definition) is 7. The van der Waals surface area contributed by atoms with E-state index < -0.39 is 0 Å². The Labute approximate surface area is 168 Å². The Morgan fingerprint density at radius 3 is 2.59 bits per heavy atom. The molecule has 1 saturated heterocycles. The molecule has 0 aliphatic carbocycles. The number of hydrogen-bond donors (Lipinski definition) is 1. The van der Waals surface area contributed by atoms with Gasteiger partial charge >= 0.3 is 0 Å². The fourth-order valence-electron chi connectivity index (χ4n) is 3.19. The minimum Gasteiger partial charge on any atom is -0.352 e. The molecule has 1 amide bonds. The fourth-order valence-corrected chi connectivity index (χ4v) is 3.19. The van der Waals surface area contributed by atoms with E-state index in [1.54, 1.807) is 41.6 Å². The molecular formula is C21H19N7O. The van der Waals surface area contributed by atoms with Crippen molar-refractivity contribution in [1.29, 1.82) is 5.26 Å². The van der Waals surface area contributed by atoms with Crippen molar-refractivity contribution in [2.45, 2.75) is 0 Å². The van der Waals surface area contributed by atoms with Crippen molar-refractivity contribution in [2.24, 2.45) is 0 Å². The van der Waals surface area contributed by atoms with Crippen LogP contribution in [0.1, 0.15) is 15.9 Å². The van der Waals surface area contributed by atoms with E-state index in [0.29, 0.717) is 43.1 Å². The molecule has 0 atom stereocenters. The second-order valence-electron chi connectivity index (χ2n) is 6.62. The molecule has 1 aliphatic heterocycles. The number of aromatic nitrogens is 3. The monoisotopic (exact) mass is 385 g/mol.